The first-order valence-corrected chi connectivity index (χ1v) is 6.36. The van der Waals surface area contributed by atoms with Crippen LogP contribution in [0.25, 0.3) is 0 Å². The highest BCUT2D eigenvalue weighted by Crippen LogP contribution is 2.53. The molecular weight excluding hydrogens is 212 g/mol. The van der Waals surface area contributed by atoms with Crippen molar-refractivity contribution < 1.29 is 9.90 Å². The molecule has 2 aliphatic carbocycles. The van der Waals surface area contributed by atoms with Gasteiger partial charge in [0.15, 0.2) is 5.78 Å². The summed E-state index contributed by atoms with van der Waals surface area (Å²) in [6, 6.07) is 0. The third-order valence-electron chi connectivity index (χ3n) is 4.80. The lowest BCUT2D eigenvalue weighted by Crippen LogP contribution is -2.47. The largest absolute Gasteiger partial charge is 0.386 e. The van der Waals surface area contributed by atoms with Crippen LogP contribution in [-0.2, 0) is 4.79 Å². The summed E-state index contributed by atoms with van der Waals surface area (Å²) in [6.07, 6.45) is 4.74. The van der Waals surface area contributed by atoms with Gasteiger partial charge < -0.3 is 5.11 Å². The van der Waals surface area contributed by atoms with Crippen LogP contribution in [0.2, 0.25) is 0 Å². The van der Waals surface area contributed by atoms with Crippen LogP contribution in [0.5, 0.6) is 0 Å². The van der Waals surface area contributed by atoms with E-state index in [0.717, 1.165) is 24.0 Å². The van der Waals surface area contributed by atoms with Gasteiger partial charge in [-0.25, -0.2) is 0 Å². The fourth-order valence-electron chi connectivity index (χ4n) is 3.47. The molecule has 2 nitrogen and oxygen atoms in total. The van der Waals surface area contributed by atoms with Gasteiger partial charge in [0.2, 0.25) is 0 Å². The summed E-state index contributed by atoms with van der Waals surface area (Å²) in [5.74, 6) is 0.553. The molecule has 94 valence electrons. The molecule has 0 aromatic rings. The molecule has 2 aliphatic rings. The number of rotatable bonds is 1. The van der Waals surface area contributed by atoms with Crippen LogP contribution in [0.1, 0.15) is 46.5 Å². The van der Waals surface area contributed by atoms with Gasteiger partial charge in [0.1, 0.15) is 0 Å². The van der Waals surface area contributed by atoms with E-state index in [1.807, 2.05) is 13.8 Å². The second-order valence-electron chi connectivity index (χ2n) is 6.25. The lowest BCUT2D eigenvalue weighted by Gasteiger charge is -2.50. The quantitative estimate of drug-likeness (QED) is 0.708. The molecule has 0 saturated heterocycles. The van der Waals surface area contributed by atoms with Gasteiger partial charge in [-0.3, -0.25) is 4.79 Å². The lowest BCUT2D eigenvalue weighted by atomic mass is 9.56. The predicted octanol–water partition coefficient (Wildman–Crippen LogP) is 3.02. The highest BCUT2D eigenvalue weighted by Gasteiger charge is 2.49. The SMILES string of the molecule is C=C(C)[C@]1(O)CC[C@]2(C)CC(=O)C=C(C)C2C1. The molecule has 0 bridgehead atoms. The Morgan fingerprint density at radius 3 is 2.76 bits per heavy atom. The van der Waals surface area contributed by atoms with Crippen LogP contribution in [0.4, 0.5) is 0 Å². The zero-order valence-corrected chi connectivity index (χ0v) is 11.0. The normalized spacial score (nSPS) is 41.8. The highest BCUT2D eigenvalue weighted by molar-refractivity contribution is 5.92. The Morgan fingerprint density at radius 1 is 1.53 bits per heavy atom. The maximum atomic E-state index is 11.7. The summed E-state index contributed by atoms with van der Waals surface area (Å²) in [6.45, 7) is 10.0. The molecule has 2 heteroatoms. The minimum atomic E-state index is -0.736. The van der Waals surface area contributed by atoms with Gasteiger partial charge in [0.05, 0.1) is 5.60 Å². The molecule has 1 fully saturated rings. The lowest BCUT2D eigenvalue weighted by molar-refractivity contribution is -0.121. The predicted molar refractivity (Wildman–Crippen MR) is 68.6 cm³/mol. The fourth-order valence-corrected chi connectivity index (χ4v) is 3.47. The van der Waals surface area contributed by atoms with E-state index in [4.69, 9.17) is 0 Å². The number of allylic oxidation sites excluding steroid dienone is 2. The zero-order chi connectivity index (χ0) is 12.8. The number of carbonyl (C=O) groups is 1. The van der Waals surface area contributed by atoms with Crippen molar-refractivity contribution in [1.29, 1.82) is 0 Å². The average molecular weight is 234 g/mol. The van der Waals surface area contributed by atoms with Gasteiger partial charge in [-0.15, -0.1) is 0 Å². The van der Waals surface area contributed by atoms with Crippen LogP contribution < -0.4 is 0 Å². The second kappa shape index (κ2) is 3.81. The number of hydrogen-bond acceptors (Lipinski definition) is 2. The maximum Gasteiger partial charge on any atom is 0.156 e. The molecule has 0 aromatic heterocycles. The van der Waals surface area contributed by atoms with Gasteiger partial charge >= 0.3 is 0 Å². The monoisotopic (exact) mass is 234 g/mol. The summed E-state index contributed by atoms with van der Waals surface area (Å²) in [5.41, 5.74) is 1.28. The minimum absolute atomic E-state index is 0.0393. The Labute approximate surface area is 103 Å². The van der Waals surface area contributed by atoms with Crippen LogP contribution in [0.3, 0.4) is 0 Å². The molecule has 1 saturated carbocycles. The van der Waals surface area contributed by atoms with Crippen molar-refractivity contribution in [1.82, 2.24) is 0 Å². The summed E-state index contributed by atoms with van der Waals surface area (Å²) in [5, 5.41) is 10.6. The molecular formula is C15H22O2. The van der Waals surface area contributed by atoms with Crippen molar-refractivity contribution in [3.05, 3.63) is 23.8 Å². The summed E-state index contributed by atoms with van der Waals surface area (Å²) >= 11 is 0. The molecule has 0 amide bonds. The average Bonchev–Trinajstić information content (AvgIpc) is 2.20. The Bertz CT molecular complexity index is 407. The van der Waals surface area contributed by atoms with Gasteiger partial charge in [-0.1, -0.05) is 19.1 Å². The first kappa shape index (κ1) is 12.6. The first-order chi connectivity index (χ1) is 7.77. The van der Waals surface area contributed by atoms with Gasteiger partial charge in [0, 0.05) is 6.42 Å². The van der Waals surface area contributed by atoms with E-state index in [2.05, 4.69) is 13.5 Å². The van der Waals surface area contributed by atoms with E-state index in [0.29, 0.717) is 18.8 Å². The third-order valence-corrected chi connectivity index (χ3v) is 4.80. The Kier molecular flexibility index (Phi) is 2.81. The molecule has 0 heterocycles. The second-order valence-corrected chi connectivity index (χ2v) is 6.25. The van der Waals surface area contributed by atoms with Crippen molar-refractivity contribution in [2.24, 2.45) is 11.3 Å². The number of carbonyl (C=O) groups excluding carboxylic acids is 1. The standard InChI is InChI=1S/C15H22O2/c1-10(2)15(17)6-5-14(4)8-12(16)7-11(3)13(14)9-15/h7,13,17H,1,5-6,8-9H2,2-4H3/t13?,14-,15+/m1/s1. The number of fused-ring (bicyclic) bond motifs is 1. The van der Waals surface area contributed by atoms with Crippen molar-refractivity contribution in [3.8, 4) is 0 Å². The first-order valence-electron chi connectivity index (χ1n) is 6.36. The van der Waals surface area contributed by atoms with E-state index >= 15 is 0 Å². The van der Waals surface area contributed by atoms with E-state index in [9.17, 15) is 9.90 Å². The smallest absolute Gasteiger partial charge is 0.156 e. The Balaban J connectivity index is 2.33. The van der Waals surface area contributed by atoms with Crippen molar-refractivity contribution in [3.63, 3.8) is 0 Å². The van der Waals surface area contributed by atoms with Crippen molar-refractivity contribution >= 4 is 5.78 Å². The van der Waals surface area contributed by atoms with Crippen molar-refractivity contribution in [2.45, 2.75) is 52.1 Å². The number of ketones is 1. The molecule has 0 spiro atoms. The molecule has 17 heavy (non-hydrogen) atoms. The Morgan fingerprint density at radius 2 is 2.18 bits per heavy atom. The van der Waals surface area contributed by atoms with E-state index in [-0.39, 0.29) is 11.2 Å². The topological polar surface area (TPSA) is 37.3 Å². The van der Waals surface area contributed by atoms with Crippen LogP contribution in [0, 0.1) is 11.3 Å². The summed E-state index contributed by atoms with van der Waals surface area (Å²) in [4.78, 5) is 11.7. The third kappa shape index (κ3) is 1.99. The zero-order valence-electron chi connectivity index (χ0n) is 11.0. The Hall–Kier alpha value is -0.890. The molecule has 3 atom stereocenters. The highest BCUT2D eigenvalue weighted by atomic mass is 16.3. The van der Waals surface area contributed by atoms with Crippen LogP contribution in [0.15, 0.2) is 23.8 Å². The minimum Gasteiger partial charge on any atom is -0.386 e. The van der Waals surface area contributed by atoms with E-state index in [1.165, 1.54) is 0 Å². The molecule has 2 rings (SSSR count). The van der Waals surface area contributed by atoms with Crippen molar-refractivity contribution in [2.75, 3.05) is 0 Å². The van der Waals surface area contributed by atoms with E-state index < -0.39 is 5.60 Å². The van der Waals surface area contributed by atoms with Gasteiger partial charge in [-0.2, -0.15) is 0 Å². The van der Waals surface area contributed by atoms with Gasteiger partial charge in [0.25, 0.3) is 0 Å². The molecule has 0 radical (unpaired) electrons. The summed E-state index contributed by atoms with van der Waals surface area (Å²) < 4.78 is 0. The van der Waals surface area contributed by atoms with Gasteiger partial charge in [-0.05, 0) is 56.1 Å². The fraction of sp³-hybridized carbons (Fsp3) is 0.667. The molecule has 1 unspecified atom stereocenters. The van der Waals surface area contributed by atoms with Crippen LogP contribution in [-0.4, -0.2) is 16.5 Å². The maximum absolute atomic E-state index is 11.7. The summed E-state index contributed by atoms with van der Waals surface area (Å²) in [7, 11) is 0. The van der Waals surface area contributed by atoms with E-state index in [1.54, 1.807) is 6.08 Å². The van der Waals surface area contributed by atoms with Crippen LogP contribution >= 0.6 is 0 Å². The molecule has 0 aliphatic heterocycles. The molecule has 1 N–H and O–H groups in total. The molecule has 0 aromatic carbocycles. The number of aliphatic hydroxyl groups is 1. The number of hydrogen-bond donors (Lipinski definition) is 1.